The zero-order valence-corrected chi connectivity index (χ0v) is 15.6. The van der Waals surface area contributed by atoms with Crippen LogP contribution in [0, 0.1) is 5.92 Å². The van der Waals surface area contributed by atoms with E-state index in [1.165, 1.54) is 0 Å². The van der Waals surface area contributed by atoms with Crippen LogP contribution >= 0.6 is 0 Å². The average molecular weight is 311 g/mol. The number of hydrogen-bond donors (Lipinski definition) is 4. The normalized spacial score (nSPS) is 12.7. The lowest BCUT2D eigenvalue weighted by Gasteiger charge is -2.28. The summed E-state index contributed by atoms with van der Waals surface area (Å²) in [6.07, 6.45) is 1.99. The second-order valence-electron chi connectivity index (χ2n) is 5.67. The molecule has 0 aliphatic heterocycles. The molecular weight excluding hydrogens is 272 g/mol. The summed E-state index contributed by atoms with van der Waals surface area (Å²) in [4.78, 5) is 0. The summed E-state index contributed by atoms with van der Waals surface area (Å²) in [5.41, 5.74) is 7.62. The van der Waals surface area contributed by atoms with Gasteiger partial charge in [-0.1, -0.05) is 53.0 Å². The lowest BCUT2D eigenvalue weighted by atomic mass is 9.99. The van der Waals surface area contributed by atoms with E-state index in [1.807, 2.05) is 27.8 Å². The van der Waals surface area contributed by atoms with Gasteiger partial charge in [0.1, 0.15) is 0 Å². The van der Waals surface area contributed by atoms with Gasteiger partial charge in [-0.3, -0.25) is 0 Å². The van der Waals surface area contributed by atoms with Crippen LogP contribution in [0.5, 0.6) is 0 Å². The van der Waals surface area contributed by atoms with E-state index in [0.29, 0.717) is 11.7 Å². The first-order chi connectivity index (χ1) is 10.3. The molecule has 0 aromatic rings. The first-order valence-electron chi connectivity index (χ1n) is 8.25. The maximum Gasteiger partial charge on any atom is 0.0885 e. The molecule has 2 atom stereocenters. The van der Waals surface area contributed by atoms with E-state index in [2.05, 4.69) is 49.5 Å². The van der Waals surface area contributed by atoms with E-state index in [-0.39, 0.29) is 12.1 Å². The second kappa shape index (κ2) is 13.3. The summed E-state index contributed by atoms with van der Waals surface area (Å²) in [5, 5.41) is 9.83. The predicted molar refractivity (Wildman–Crippen MR) is 100 cm³/mol. The highest BCUT2D eigenvalue weighted by Crippen LogP contribution is 2.13. The topological polar surface area (TPSA) is 62.1 Å². The van der Waals surface area contributed by atoms with Gasteiger partial charge in [-0.15, -0.1) is 0 Å². The summed E-state index contributed by atoms with van der Waals surface area (Å²) >= 11 is 0. The van der Waals surface area contributed by atoms with Crippen LogP contribution in [-0.4, -0.2) is 25.7 Å². The molecule has 0 aliphatic carbocycles. The highest BCUT2D eigenvalue weighted by Gasteiger charge is 2.18. The standard InChI is InChI=1S/C16H32N4.C2H6/c1-11(2)15(9-8-10-19-14(6)17)20-13(5)16(18-7)12(3)4;1-2/h12,15-16,18-20H,1,5-6,8-10,17H2,2-4,7H3;1-2H3. The number of rotatable bonds is 11. The third-order valence-electron chi connectivity index (χ3n) is 3.33. The maximum atomic E-state index is 5.48. The smallest absolute Gasteiger partial charge is 0.0885 e. The minimum atomic E-state index is 0.241. The average Bonchev–Trinajstić information content (AvgIpc) is 2.44. The van der Waals surface area contributed by atoms with Crippen molar-refractivity contribution >= 4 is 0 Å². The molecule has 5 N–H and O–H groups in total. The van der Waals surface area contributed by atoms with Gasteiger partial charge in [-0.2, -0.15) is 0 Å². The Morgan fingerprint density at radius 1 is 1.14 bits per heavy atom. The van der Waals surface area contributed by atoms with E-state index in [0.717, 1.165) is 30.7 Å². The van der Waals surface area contributed by atoms with Crippen molar-refractivity contribution in [2.24, 2.45) is 11.7 Å². The first kappa shape index (κ1) is 22.9. The van der Waals surface area contributed by atoms with Crippen molar-refractivity contribution in [2.75, 3.05) is 13.6 Å². The van der Waals surface area contributed by atoms with Crippen molar-refractivity contribution in [3.05, 3.63) is 36.8 Å². The first-order valence-corrected chi connectivity index (χ1v) is 8.25. The van der Waals surface area contributed by atoms with Crippen LogP contribution < -0.4 is 21.7 Å². The highest BCUT2D eigenvalue weighted by molar-refractivity contribution is 5.12. The molecule has 4 nitrogen and oxygen atoms in total. The van der Waals surface area contributed by atoms with Gasteiger partial charge < -0.3 is 21.7 Å². The van der Waals surface area contributed by atoms with E-state index < -0.39 is 0 Å². The monoisotopic (exact) mass is 310 g/mol. The Morgan fingerprint density at radius 3 is 2.05 bits per heavy atom. The van der Waals surface area contributed by atoms with E-state index >= 15 is 0 Å². The molecule has 22 heavy (non-hydrogen) atoms. The van der Waals surface area contributed by atoms with Gasteiger partial charge in [-0.25, -0.2) is 0 Å². The lowest BCUT2D eigenvalue weighted by molar-refractivity contribution is 0.435. The zero-order chi connectivity index (χ0) is 17.7. The van der Waals surface area contributed by atoms with Crippen LogP contribution in [0.4, 0.5) is 0 Å². The molecule has 0 rings (SSSR count). The minimum Gasteiger partial charge on any atom is -0.386 e. The van der Waals surface area contributed by atoms with Crippen molar-refractivity contribution in [1.82, 2.24) is 16.0 Å². The summed E-state index contributed by atoms with van der Waals surface area (Å²) in [6.45, 7) is 23.1. The molecule has 0 saturated carbocycles. The summed E-state index contributed by atoms with van der Waals surface area (Å²) in [7, 11) is 1.96. The molecule has 0 fully saturated rings. The van der Waals surface area contributed by atoms with E-state index in [1.54, 1.807) is 0 Å². The van der Waals surface area contributed by atoms with E-state index in [9.17, 15) is 0 Å². The van der Waals surface area contributed by atoms with Gasteiger partial charge in [0.25, 0.3) is 0 Å². The molecule has 0 aromatic heterocycles. The van der Waals surface area contributed by atoms with Crippen LogP contribution in [0.1, 0.15) is 47.5 Å². The quantitative estimate of drug-likeness (QED) is 0.350. The molecule has 2 unspecified atom stereocenters. The Balaban J connectivity index is 0. The number of nitrogens with two attached hydrogens (primary N) is 1. The molecule has 0 saturated heterocycles. The Hall–Kier alpha value is -1.42. The van der Waals surface area contributed by atoms with Crippen molar-refractivity contribution in [3.63, 3.8) is 0 Å². The van der Waals surface area contributed by atoms with Crippen LogP contribution in [0.2, 0.25) is 0 Å². The molecule has 0 aliphatic rings. The van der Waals surface area contributed by atoms with Gasteiger partial charge in [-0.05, 0) is 32.7 Å². The van der Waals surface area contributed by atoms with Crippen molar-refractivity contribution < 1.29 is 0 Å². The van der Waals surface area contributed by atoms with E-state index in [4.69, 9.17) is 5.73 Å². The van der Waals surface area contributed by atoms with Crippen molar-refractivity contribution in [1.29, 1.82) is 0 Å². The molecule has 0 amide bonds. The molecule has 130 valence electrons. The number of hydrogen-bond acceptors (Lipinski definition) is 4. The third-order valence-corrected chi connectivity index (χ3v) is 3.33. The molecular formula is C18H38N4. The fourth-order valence-electron chi connectivity index (χ4n) is 2.22. The Bertz CT molecular complexity index is 334. The zero-order valence-electron chi connectivity index (χ0n) is 15.6. The van der Waals surface area contributed by atoms with Crippen molar-refractivity contribution in [2.45, 2.75) is 59.5 Å². The van der Waals surface area contributed by atoms with Crippen molar-refractivity contribution in [3.8, 4) is 0 Å². The number of nitrogens with one attached hydrogen (secondary N) is 3. The Labute approximate surface area is 138 Å². The molecule has 0 aromatic carbocycles. The summed E-state index contributed by atoms with van der Waals surface area (Å²) in [6, 6.07) is 0.503. The van der Waals surface area contributed by atoms with Crippen LogP contribution in [-0.2, 0) is 0 Å². The minimum absolute atomic E-state index is 0.241. The fourth-order valence-corrected chi connectivity index (χ4v) is 2.22. The SMILES string of the molecule is C=C(N)NCCCC(NC(=C)C(NC)C(C)C)C(=C)C.CC. The molecule has 0 radical (unpaired) electrons. The number of likely N-dealkylation sites (N-methyl/N-ethyl adjacent to an activating group) is 1. The second-order valence-corrected chi connectivity index (χ2v) is 5.67. The van der Waals surface area contributed by atoms with Gasteiger partial charge in [0, 0.05) is 24.3 Å². The van der Waals surface area contributed by atoms with Gasteiger partial charge in [0.05, 0.1) is 5.82 Å². The molecule has 0 bridgehead atoms. The molecule has 0 heterocycles. The third kappa shape index (κ3) is 10.3. The van der Waals surface area contributed by atoms with Gasteiger partial charge >= 0.3 is 0 Å². The van der Waals surface area contributed by atoms with Gasteiger partial charge in [0.2, 0.25) is 0 Å². The van der Waals surface area contributed by atoms with Crippen LogP contribution in [0.15, 0.2) is 36.8 Å². The Morgan fingerprint density at radius 2 is 1.68 bits per heavy atom. The fraction of sp³-hybridized carbons (Fsp3) is 0.667. The predicted octanol–water partition coefficient (Wildman–Crippen LogP) is 3.10. The maximum absolute atomic E-state index is 5.48. The summed E-state index contributed by atoms with van der Waals surface area (Å²) in [5.74, 6) is 1.01. The highest BCUT2D eigenvalue weighted by atomic mass is 15.0. The van der Waals surface area contributed by atoms with Gasteiger partial charge in [0.15, 0.2) is 0 Å². The largest absolute Gasteiger partial charge is 0.386 e. The lowest BCUT2D eigenvalue weighted by Crippen LogP contribution is -2.42. The Kier molecular flexibility index (Phi) is 13.8. The van der Waals surface area contributed by atoms with Crippen LogP contribution in [0.25, 0.3) is 0 Å². The molecule has 4 heteroatoms. The van der Waals surface area contributed by atoms with Crippen LogP contribution in [0.3, 0.4) is 0 Å². The molecule has 0 spiro atoms. The summed E-state index contributed by atoms with van der Waals surface area (Å²) < 4.78 is 0.